The van der Waals surface area contributed by atoms with Crippen LogP contribution in [0.15, 0.2) is 54.7 Å². The van der Waals surface area contributed by atoms with Gasteiger partial charge in [0.1, 0.15) is 17.1 Å². The lowest BCUT2D eigenvalue weighted by molar-refractivity contribution is -0.137. The average molecular weight is 457 g/mol. The number of ether oxygens (including phenoxy) is 1. The van der Waals surface area contributed by atoms with Crippen molar-refractivity contribution in [1.82, 2.24) is 9.97 Å². The number of anilines is 4. The summed E-state index contributed by atoms with van der Waals surface area (Å²) in [7, 11) is 0. The number of hydrogen-bond donors (Lipinski definition) is 2. The van der Waals surface area contributed by atoms with Gasteiger partial charge in [-0.3, -0.25) is 0 Å². The summed E-state index contributed by atoms with van der Waals surface area (Å²) in [5.41, 5.74) is 1.51. The van der Waals surface area contributed by atoms with Gasteiger partial charge in [0.2, 0.25) is 5.95 Å². The van der Waals surface area contributed by atoms with E-state index in [-0.39, 0.29) is 11.8 Å². The van der Waals surface area contributed by atoms with Gasteiger partial charge in [-0.25, -0.2) is 4.98 Å². The van der Waals surface area contributed by atoms with Gasteiger partial charge in [-0.05, 0) is 55.5 Å². The zero-order chi connectivity index (χ0) is 23.3. The van der Waals surface area contributed by atoms with Crippen LogP contribution < -0.4 is 15.4 Å². The fourth-order valence-electron chi connectivity index (χ4n) is 4.12. The van der Waals surface area contributed by atoms with Gasteiger partial charge in [-0.15, -0.1) is 0 Å². The fourth-order valence-corrected chi connectivity index (χ4v) is 4.12. The summed E-state index contributed by atoms with van der Waals surface area (Å²) in [6, 6.07) is 14.7. The molecule has 0 spiro atoms. The summed E-state index contributed by atoms with van der Waals surface area (Å²) in [6.45, 7) is 2.30. The number of nitrogens with one attached hydrogen (secondary N) is 2. The number of alkyl halides is 3. The quantitative estimate of drug-likeness (QED) is 0.387. The first-order valence-electron chi connectivity index (χ1n) is 11.2. The topological polar surface area (TPSA) is 59.1 Å². The molecule has 1 saturated carbocycles. The third-order valence-electron chi connectivity index (χ3n) is 5.75. The fraction of sp³-hybridized carbons (Fsp3) is 0.360. The highest BCUT2D eigenvalue weighted by Crippen LogP contribution is 2.36. The molecule has 0 amide bonds. The minimum absolute atomic E-state index is 0.0804. The van der Waals surface area contributed by atoms with Crippen molar-refractivity contribution in [3.8, 4) is 5.75 Å². The van der Waals surface area contributed by atoms with E-state index in [0.29, 0.717) is 24.0 Å². The van der Waals surface area contributed by atoms with Crippen molar-refractivity contribution >= 4 is 23.1 Å². The van der Waals surface area contributed by atoms with E-state index in [1.165, 1.54) is 37.7 Å². The van der Waals surface area contributed by atoms with Crippen molar-refractivity contribution in [1.29, 1.82) is 0 Å². The first-order chi connectivity index (χ1) is 15.9. The maximum Gasteiger partial charge on any atom is 0.421 e. The van der Waals surface area contributed by atoms with E-state index < -0.39 is 11.7 Å². The molecule has 1 fully saturated rings. The Morgan fingerprint density at radius 3 is 2.42 bits per heavy atom. The van der Waals surface area contributed by atoms with Crippen molar-refractivity contribution in [2.75, 3.05) is 17.2 Å². The summed E-state index contributed by atoms with van der Waals surface area (Å²) < 4.78 is 46.1. The van der Waals surface area contributed by atoms with Crippen molar-refractivity contribution in [3.05, 3.63) is 65.9 Å². The van der Waals surface area contributed by atoms with Crippen LogP contribution in [0.2, 0.25) is 0 Å². The molecule has 0 unspecified atom stereocenters. The van der Waals surface area contributed by atoms with E-state index >= 15 is 0 Å². The predicted molar refractivity (Wildman–Crippen MR) is 123 cm³/mol. The van der Waals surface area contributed by atoms with Crippen LogP contribution in [-0.4, -0.2) is 16.6 Å². The normalized spacial score (nSPS) is 14.7. The maximum absolute atomic E-state index is 13.6. The number of benzene rings is 2. The molecule has 2 aromatic carbocycles. The third-order valence-corrected chi connectivity index (χ3v) is 5.75. The van der Waals surface area contributed by atoms with Gasteiger partial charge in [0.25, 0.3) is 0 Å². The molecule has 1 aromatic heterocycles. The van der Waals surface area contributed by atoms with Crippen LogP contribution in [0.4, 0.5) is 36.3 Å². The summed E-state index contributed by atoms with van der Waals surface area (Å²) in [5, 5.41) is 5.78. The Morgan fingerprint density at radius 1 is 0.970 bits per heavy atom. The molecule has 0 bridgehead atoms. The number of aromatic nitrogens is 2. The van der Waals surface area contributed by atoms with Gasteiger partial charge in [-0.2, -0.15) is 18.2 Å². The van der Waals surface area contributed by atoms with Crippen LogP contribution in [-0.2, 0) is 6.18 Å². The van der Waals surface area contributed by atoms with Crippen molar-refractivity contribution in [2.24, 2.45) is 0 Å². The lowest BCUT2D eigenvalue weighted by atomic mass is 9.84. The molecule has 2 N–H and O–H groups in total. The number of hydrogen-bond acceptors (Lipinski definition) is 5. The molecule has 0 saturated heterocycles. The molecule has 1 aliphatic carbocycles. The van der Waals surface area contributed by atoms with E-state index in [9.17, 15) is 13.2 Å². The molecular formula is C25H27F3N4O. The zero-order valence-electron chi connectivity index (χ0n) is 18.5. The van der Waals surface area contributed by atoms with E-state index in [1.54, 1.807) is 24.3 Å². The molecule has 174 valence electrons. The van der Waals surface area contributed by atoms with Crippen LogP contribution in [0.5, 0.6) is 5.75 Å². The van der Waals surface area contributed by atoms with Crippen molar-refractivity contribution < 1.29 is 17.9 Å². The Kier molecular flexibility index (Phi) is 7.01. The standard InChI is InChI=1S/C25H27F3N4O/c1-2-33-21-10-6-9-20(15-21)30-23-22(25(26,27)28)16-29-24(32-23)31-19-13-11-18(12-14-19)17-7-4-3-5-8-17/h6,9-17H,2-5,7-8H2,1H3,(H2,29,30,31,32). The molecule has 0 radical (unpaired) electrons. The number of halogens is 3. The highest BCUT2D eigenvalue weighted by molar-refractivity contribution is 5.64. The minimum Gasteiger partial charge on any atom is -0.494 e. The summed E-state index contributed by atoms with van der Waals surface area (Å²) in [5.74, 6) is 0.893. The highest BCUT2D eigenvalue weighted by Gasteiger charge is 2.35. The zero-order valence-corrected chi connectivity index (χ0v) is 18.5. The van der Waals surface area contributed by atoms with Crippen LogP contribution in [0.3, 0.4) is 0 Å². The molecule has 1 aliphatic rings. The summed E-state index contributed by atoms with van der Waals surface area (Å²) in [4.78, 5) is 8.02. The van der Waals surface area contributed by atoms with Gasteiger partial charge < -0.3 is 15.4 Å². The van der Waals surface area contributed by atoms with Gasteiger partial charge in [0.05, 0.1) is 6.61 Å². The molecule has 4 rings (SSSR count). The molecule has 3 aromatic rings. The largest absolute Gasteiger partial charge is 0.494 e. The molecule has 33 heavy (non-hydrogen) atoms. The maximum atomic E-state index is 13.6. The Balaban J connectivity index is 1.55. The molecular weight excluding hydrogens is 429 g/mol. The Hall–Kier alpha value is -3.29. The molecule has 0 atom stereocenters. The Bertz CT molecular complexity index is 1060. The smallest absolute Gasteiger partial charge is 0.421 e. The van der Waals surface area contributed by atoms with Crippen LogP contribution in [0, 0.1) is 0 Å². The van der Waals surface area contributed by atoms with Crippen LogP contribution in [0.1, 0.15) is 56.1 Å². The third kappa shape index (κ3) is 5.94. The number of rotatable bonds is 7. The summed E-state index contributed by atoms with van der Waals surface area (Å²) >= 11 is 0. The first kappa shape index (κ1) is 22.9. The highest BCUT2D eigenvalue weighted by atomic mass is 19.4. The average Bonchev–Trinajstić information content (AvgIpc) is 2.80. The van der Waals surface area contributed by atoms with Gasteiger partial charge in [-0.1, -0.05) is 37.5 Å². The monoisotopic (exact) mass is 456 g/mol. The van der Waals surface area contributed by atoms with E-state index in [2.05, 4.69) is 32.7 Å². The van der Waals surface area contributed by atoms with Crippen LogP contribution >= 0.6 is 0 Å². The predicted octanol–water partition coefficient (Wildman–Crippen LogP) is 7.43. The Morgan fingerprint density at radius 2 is 1.73 bits per heavy atom. The minimum atomic E-state index is -4.60. The molecule has 8 heteroatoms. The second-order valence-corrected chi connectivity index (χ2v) is 8.12. The van der Waals surface area contributed by atoms with E-state index in [1.807, 2.05) is 19.1 Å². The second-order valence-electron chi connectivity index (χ2n) is 8.12. The van der Waals surface area contributed by atoms with E-state index in [0.717, 1.165) is 11.9 Å². The molecule has 0 aliphatic heterocycles. The second kappa shape index (κ2) is 10.1. The summed E-state index contributed by atoms with van der Waals surface area (Å²) in [6.07, 6.45) is 2.41. The Labute approximate surface area is 191 Å². The molecule has 1 heterocycles. The lowest BCUT2D eigenvalue weighted by Gasteiger charge is -2.22. The van der Waals surface area contributed by atoms with E-state index in [4.69, 9.17) is 4.74 Å². The van der Waals surface area contributed by atoms with Gasteiger partial charge in [0, 0.05) is 23.6 Å². The van der Waals surface area contributed by atoms with Gasteiger partial charge >= 0.3 is 6.18 Å². The van der Waals surface area contributed by atoms with Crippen LogP contribution in [0.25, 0.3) is 0 Å². The van der Waals surface area contributed by atoms with Crippen molar-refractivity contribution in [3.63, 3.8) is 0 Å². The SMILES string of the molecule is CCOc1cccc(Nc2nc(Nc3ccc(C4CCCCC4)cc3)ncc2C(F)(F)F)c1. The van der Waals surface area contributed by atoms with Gasteiger partial charge in [0.15, 0.2) is 0 Å². The molecule has 5 nitrogen and oxygen atoms in total. The number of nitrogens with zero attached hydrogens (tertiary/aromatic N) is 2. The first-order valence-corrected chi connectivity index (χ1v) is 11.2. The lowest BCUT2D eigenvalue weighted by Crippen LogP contribution is -2.12. The van der Waals surface area contributed by atoms with Crippen molar-refractivity contribution in [2.45, 2.75) is 51.1 Å².